The van der Waals surface area contributed by atoms with Gasteiger partial charge >= 0.3 is 0 Å². The Bertz CT molecular complexity index is 719. The Morgan fingerprint density at radius 1 is 1.33 bits per heavy atom. The predicted molar refractivity (Wildman–Crippen MR) is 96.1 cm³/mol. The summed E-state index contributed by atoms with van der Waals surface area (Å²) in [4.78, 5) is 12.3. The lowest BCUT2D eigenvalue weighted by molar-refractivity contribution is 0.102. The number of halogens is 1. The third kappa shape index (κ3) is 4.35. The zero-order valence-corrected chi connectivity index (χ0v) is 14.9. The van der Waals surface area contributed by atoms with Crippen LogP contribution in [0.1, 0.15) is 36.3 Å². The van der Waals surface area contributed by atoms with Gasteiger partial charge in [-0.3, -0.25) is 4.79 Å². The summed E-state index contributed by atoms with van der Waals surface area (Å²) >= 11 is 6.07. The van der Waals surface area contributed by atoms with E-state index < -0.39 is 0 Å². The Kier molecular flexibility index (Phi) is 5.98. The molecule has 7 heteroatoms. The van der Waals surface area contributed by atoms with E-state index in [1.807, 2.05) is 6.92 Å². The lowest BCUT2D eigenvalue weighted by atomic mass is 10.2. The summed E-state index contributed by atoms with van der Waals surface area (Å²) < 4.78 is 5.25. The average Bonchev–Trinajstić information content (AvgIpc) is 2.58. The molecule has 0 radical (unpaired) electrons. The Morgan fingerprint density at radius 3 is 2.67 bits per heavy atom. The first-order valence-electron chi connectivity index (χ1n) is 7.70. The molecule has 0 saturated heterocycles. The molecule has 0 aliphatic rings. The van der Waals surface area contributed by atoms with E-state index in [4.69, 9.17) is 16.3 Å². The highest BCUT2D eigenvalue weighted by atomic mass is 35.5. The van der Waals surface area contributed by atoms with E-state index in [-0.39, 0.29) is 11.6 Å². The summed E-state index contributed by atoms with van der Waals surface area (Å²) in [5.41, 5.74) is 1.60. The lowest BCUT2D eigenvalue weighted by Crippen LogP contribution is -2.18. The number of benzene rings is 1. The van der Waals surface area contributed by atoms with Crippen LogP contribution >= 0.6 is 11.6 Å². The van der Waals surface area contributed by atoms with Crippen molar-refractivity contribution in [3.05, 3.63) is 40.5 Å². The predicted octanol–water partition coefficient (Wildman–Crippen LogP) is 3.91. The molecule has 1 unspecified atom stereocenters. The molecule has 0 aliphatic heterocycles. The number of anilines is 2. The van der Waals surface area contributed by atoms with Gasteiger partial charge in [-0.1, -0.05) is 18.5 Å². The van der Waals surface area contributed by atoms with E-state index in [0.29, 0.717) is 28.3 Å². The SMILES string of the molecule is CCC(C)Nc1ccc(C(=O)Nc2cc(C)c(Cl)cc2OC)nn1. The molecule has 1 aromatic carbocycles. The van der Waals surface area contributed by atoms with Crippen LogP contribution in [0, 0.1) is 6.92 Å². The highest BCUT2D eigenvalue weighted by molar-refractivity contribution is 6.31. The molecule has 1 amide bonds. The molecule has 128 valence electrons. The lowest BCUT2D eigenvalue weighted by Gasteiger charge is -2.13. The second kappa shape index (κ2) is 7.97. The van der Waals surface area contributed by atoms with Crippen LogP contribution in [-0.2, 0) is 0 Å². The van der Waals surface area contributed by atoms with Crippen molar-refractivity contribution in [1.82, 2.24) is 10.2 Å². The fourth-order valence-corrected chi connectivity index (χ4v) is 2.15. The molecule has 0 aliphatic carbocycles. The maximum atomic E-state index is 12.3. The molecule has 1 atom stereocenters. The number of nitrogens with zero attached hydrogens (tertiary/aromatic N) is 2. The first-order chi connectivity index (χ1) is 11.4. The van der Waals surface area contributed by atoms with Crippen molar-refractivity contribution >= 4 is 29.0 Å². The second-order valence-corrected chi connectivity index (χ2v) is 5.92. The molecule has 2 N–H and O–H groups in total. The highest BCUT2D eigenvalue weighted by Crippen LogP contribution is 2.31. The molecule has 2 aromatic rings. The number of methoxy groups -OCH3 is 1. The van der Waals surface area contributed by atoms with Crippen molar-refractivity contribution in [2.75, 3.05) is 17.7 Å². The first-order valence-corrected chi connectivity index (χ1v) is 8.08. The van der Waals surface area contributed by atoms with Crippen LogP contribution in [0.5, 0.6) is 5.75 Å². The zero-order valence-electron chi connectivity index (χ0n) is 14.2. The monoisotopic (exact) mass is 348 g/mol. The standard InChI is InChI=1S/C17H21ClN4O2/c1-5-11(3)19-16-7-6-13(21-22-16)17(23)20-14-8-10(2)12(18)9-15(14)24-4/h6-9,11H,5H2,1-4H3,(H,19,22)(H,20,23). The number of aryl methyl sites for hydroxylation is 1. The number of nitrogens with one attached hydrogen (secondary N) is 2. The van der Waals surface area contributed by atoms with Gasteiger partial charge in [0.2, 0.25) is 0 Å². The highest BCUT2D eigenvalue weighted by Gasteiger charge is 2.13. The van der Waals surface area contributed by atoms with Crippen LogP contribution in [0.3, 0.4) is 0 Å². The minimum Gasteiger partial charge on any atom is -0.495 e. The van der Waals surface area contributed by atoms with Crippen molar-refractivity contribution in [2.24, 2.45) is 0 Å². The van der Waals surface area contributed by atoms with Gasteiger partial charge in [0.1, 0.15) is 11.6 Å². The van der Waals surface area contributed by atoms with Crippen molar-refractivity contribution in [3.63, 3.8) is 0 Å². The number of carbonyl (C=O) groups excluding carboxylic acids is 1. The number of amides is 1. The molecule has 24 heavy (non-hydrogen) atoms. The van der Waals surface area contributed by atoms with Gasteiger partial charge in [-0.2, -0.15) is 0 Å². The van der Waals surface area contributed by atoms with Gasteiger partial charge in [0, 0.05) is 17.1 Å². The molecule has 0 saturated carbocycles. The summed E-state index contributed by atoms with van der Waals surface area (Å²) in [6, 6.07) is 7.07. The molecular formula is C17H21ClN4O2. The topological polar surface area (TPSA) is 76.1 Å². The minimum absolute atomic E-state index is 0.222. The smallest absolute Gasteiger partial charge is 0.276 e. The van der Waals surface area contributed by atoms with E-state index in [1.165, 1.54) is 7.11 Å². The third-order valence-corrected chi connectivity index (χ3v) is 4.04. The Hall–Kier alpha value is -2.34. The molecule has 1 aromatic heterocycles. The number of hydrogen-bond donors (Lipinski definition) is 2. The minimum atomic E-state index is -0.363. The number of ether oxygens (including phenoxy) is 1. The van der Waals surface area contributed by atoms with E-state index in [2.05, 4.69) is 34.7 Å². The number of hydrogen-bond acceptors (Lipinski definition) is 5. The molecular weight excluding hydrogens is 328 g/mol. The van der Waals surface area contributed by atoms with Crippen LogP contribution in [0.4, 0.5) is 11.5 Å². The molecule has 2 rings (SSSR count). The fraction of sp³-hybridized carbons (Fsp3) is 0.353. The molecule has 0 fully saturated rings. The van der Waals surface area contributed by atoms with Crippen LogP contribution in [0.15, 0.2) is 24.3 Å². The average molecular weight is 349 g/mol. The van der Waals surface area contributed by atoms with Gasteiger partial charge in [-0.15, -0.1) is 10.2 Å². The van der Waals surface area contributed by atoms with E-state index >= 15 is 0 Å². The summed E-state index contributed by atoms with van der Waals surface area (Å²) in [6.45, 7) is 5.98. The molecule has 6 nitrogen and oxygen atoms in total. The van der Waals surface area contributed by atoms with Gasteiger partial charge < -0.3 is 15.4 Å². The zero-order chi connectivity index (χ0) is 17.7. The van der Waals surface area contributed by atoms with Crippen molar-refractivity contribution < 1.29 is 9.53 Å². The van der Waals surface area contributed by atoms with Gasteiger partial charge in [-0.25, -0.2) is 0 Å². The molecule has 0 bridgehead atoms. The van der Waals surface area contributed by atoms with Gasteiger partial charge in [0.05, 0.1) is 12.8 Å². The first kappa shape index (κ1) is 18.0. The quantitative estimate of drug-likeness (QED) is 0.827. The molecule has 1 heterocycles. The second-order valence-electron chi connectivity index (χ2n) is 5.51. The Morgan fingerprint density at radius 2 is 2.08 bits per heavy atom. The third-order valence-electron chi connectivity index (χ3n) is 3.63. The van der Waals surface area contributed by atoms with Crippen LogP contribution in [-0.4, -0.2) is 29.3 Å². The van der Waals surface area contributed by atoms with E-state index in [9.17, 15) is 4.79 Å². The van der Waals surface area contributed by atoms with Crippen molar-refractivity contribution in [1.29, 1.82) is 0 Å². The van der Waals surface area contributed by atoms with Crippen LogP contribution in [0.25, 0.3) is 0 Å². The number of rotatable bonds is 6. The Balaban J connectivity index is 2.14. The maximum absolute atomic E-state index is 12.3. The number of aromatic nitrogens is 2. The summed E-state index contributed by atoms with van der Waals surface area (Å²) in [7, 11) is 1.52. The van der Waals surface area contributed by atoms with Crippen molar-refractivity contribution in [2.45, 2.75) is 33.2 Å². The van der Waals surface area contributed by atoms with Gasteiger partial charge in [0.25, 0.3) is 5.91 Å². The summed E-state index contributed by atoms with van der Waals surface area (Å²) in [6.07, 6.45) is 0.972. The number of carbonyl (C=O) groups is 1. The van der Waals surface area contributed by atoms with E-state index in [0.717, 1.165) is 12.0 Å². The normalized spacial score (nSPS) is 11.7. The van der Waals surface area contributed by atoms with Gasteiger partial charge in [-0.05, 0) is 44.0 Å². The van der Waals surface area contributed by atoms with E-state index in [1.54, 1.807) is 24.3 Å². The summed E-state index contributed by atoms with van der Waals surface area (Å²) in [5.74, 6) is 0.764. The van der Waals surface area contributed by atoms with Crippen LogP contribution in [0.2, 0.25) is 5.02 Å². The largest absolute Gasteiger partial charge is 0.495 e. The maximum Gasteiger partial charge on any atom is 0.276 e. The fourth-order valence-electron chi connectivity index (χ4n) is 2.00. The van der Waals surface area contributed by atoms with Crippen LogP contribution < -0.4 is 15.4 Å². The van der Waals surface area contributed by atoms with Gasteiger partial charge in [0.15, 0.2) is 5.69 Å². The van der Waals surface area contributed by atoms with Crippen molar-refractivity contribution in [3.8, 4) is 5.75 Å². The molecule has 0 spiro atoms. The Labute approximate surface area is 146 Å². The summed E-state index contributed by atoms with van der Waals surface area (Å²) in [5, 5.41) is 14.5.